The Labute approximate surface area is 32.5 Å². The first kappa shape index (κ1) is 4.67. The summed E-state index contributed by atoms with van der Waals surface area (Å²) in [5.74, 6) is 0. The van der Waals surface area contributed by atoms with Crippen molar-refractivity contribution in [2.45, 2.75) is 19.8 Å². The van der Waals surface area contributed by atoms with Crippen LogP contribution in [0.3, 0.4) is 0 Å². The summed E-state index contributed by atoms with van der Waals surface area (Å²) in [5.41, 5.74) is 0. The van der Waals surface area contributed by atoms with Crippen LogP contribution in [0.5, 0.6) is 0 Å². The molecule has 0 aromatic heterocycles. The molecule has 0 fully saturated rings. The third-order valence-electron chi connectivity index (χ3n) is 0.433. The lowest BCUT2D eigenvalue weighted by molar-refractivity contribution is 1.00. The molecule has 0 aromatic carbocycles. The molecule has 0 unspecified atom stereocenters. The van der Waals surface area contributed by atoms with Crippen molar-refractivity contribution in [3.8, 4) is 0 Å². The maximum absolute atomic E-state index is 6.48. The number of hydrogen-bond donors (Lipinski definition) is 1. The molecule has 0 aliphatic rings. The van der Waals surface area contributed by atoms with Crippen LogP contribution in [0.2, 0.25) is 0 Å². The number of hydrogen-bond acceptors (Lipinski definition) is 1. The minimum Gasteiger partial charge on any atom is -0.313 e. The van der Waals surface area contributed by atoms with Crippen molar-refractivity contribution < 1.29 is 0 Å². The van der Waals surface area contributed by atoms with Crippen LogP contribution in [0.25, 0.3) is 0 Å². The zero-order valence-corrected chi connectivity index (χ0v) is 3.49. The number of nitrogens with one attached hydrogen (secondary N) is 1. The van der Waals surface area contributed by atoms with Gasteiger partial charge in [0.25, 0.3) is 0 Å². The van der Waals surface area contributed by atoms with Gasteiger partial charge in [-0.05, 0) is 12.6 Å². The maximum atomic E-state index is 6.48. The van der Waals surface area contributed by atoms with E-state index in [0.29, 0.717) is 0 Å². The Morgan fingerprint density at radius 1 is 1.80 bits per heavy atom. The fourth-order valence-corrected chi connectivity index (χ4v) is 0.144. The first-order valence-corrected chi connectivity index (χ1v) is 1.90. The van der Waals surface area contributed by atoms with Gasteiger partial charge in [0.05, 0.1) is 0 Å². The normalized spacial score (nSPS) is 7.40. The molecule has 0 aliphatic carbocycles. The van der Waals surface area contributed by atoms with E-state index in [0.717, 1.165) is 12.8 Å². The van der Waals surface area contributed by atoms with E-state index in [1.165, 1.54) is 6.21 Å². The second-order valence-corrected chi connectivity index (χ2v) is 0.993. The molecular weight excluding hydrogens is 62.1 g/mol. The van der Waals surface area contributed by atoms with Gasteiger partial charge in [-0.1, -0.05) is 13.3 Å². The topological polar surface area (TPSA) is 23.9 Å². The van der Waals surface area contributed by atoms with Crippen molar-refractivity contribution >= 4 is 6.21 Å². The van der Waals surface area contributed by atoms with Crippen molar-refractivity contribution in [1.29, 1.82) is 5.41 Å². The average molecular weight is 71.1 g/mol. The second-order valence-electron chi connectivity index (χ2n) is 0.993. The van der Waals surface area contributed by atoms with Gasteiger partial charge in [-0.15, -0.1) is 0 Å². The lowest BCUT2D eigenvalue weighted by Crippen LogP contribution is -1.63. The molecule has 5 heavy (non-hydrogen) atoms. The molecule has 0 saturated carbocycles. The zero-order valence-electron chi connectivity index (χ0n) is 3.49. The molecule has 0 aliphatic heterocycles. The van der Waals surface area contributed by atoms with E-state index in [2.05, 4.69) is 6.92 Å². The number of unbranched alkanes of at least 4 members (excludes halogenated alkanes) is 1. The zero-order chi connectivity index (χ0) is 4.12. The van der Waals surface area contributed by atoms with Gasteiger partial charge in [0, 0.05) is 0 Å². The summed E-state index contributed by atoms with van der Waals surface area (Å²) in [6.07, 6.45) is 3.46. The van der Waals surface area contributed by atoms with Crippen molar-refractivity contribution in [2.75, 3.05) is 0 Å². The van der Waals surface area contributed by atoms with Crippen LogP contribution < -0.4 is 0 Å². The molecule has 0 spiro atoms. The maximum Gasteiger partial charge on any atom is -0.00479 e. The largest absolute Gasteiger partial charge is 0.313 e. The highest BCUT2D eigenvalue weighted by atomic mass is 14.3. The van der Waals surface area contributed by atoms with Gasteiger partial charge in [-0.25, -0.2) is 0 Å². The van der Waals surface area contributed by atoms with Crippen LogP contribution in [-0.4, -0.2) is 6.21 Å². The molecule has 0 amide bonds. The van der Waals surface area contributed by atoms with Crippen LogP contribution in [-0.2, 0) is 0 Å². The molecule has 1 N–H and O–H groups in total. The SMILES string of the molecule is CCCC=N. The van der Waals surface area contributed by atoms with E-state index in [4.69, 9.17) is 5.41 Å². The molecule has 1 heteroatoms. The summed E-state index contributed by atoms with van der Waals surface area (Å²) in [5, 5.41) is 6.48. The van der Waals surface area contributed by atoms with E-state index >= 15 is 0 Å². The Balaban J connectivity index is 2.40. The van der Waals surface area contributed by atoms with Gasteiger partial charge in [0.1, 0.15) is 0 Å². The molecule has 0 bridgehead atoms. The van der Waals surface area contributed by atoms with Gasteiger partial charge >= 0.3 is 0 Å². The van der Waals surface area contributed by atoms with Crippen LogP contribution in [0, 0.1) is 5.41 Å². The highest BCUT2D eigenvalue weighted by Gasteiger charge is 1.63. The Bertz CT molecular complexity index is 24.8. The molecule has 0 rings (SSSR count). The fourth-order valence-electron chi connectivity index (χ4n) is 0.144. The molecule has 0 atom stereocenters. The second kappa shape index (κ2) is 3.67. The van der Waals surface area contributed by atoms with E-state index in [-0.39, 0.29) is 0 Å². The van der Waals surface area contributed by atoms with E-state index in [9.17, 15) is 0 Å². The van der Waals surface area contributed by atoms with E-state index in [1.807, 2.05) is 0 Å². The minimum atomic E-state index is 0.931. The summed E-state index contributed by atoms with van der Waals surface area (Å²) in [6, 6.07) is 0. The molecule has 0 heterocycles. The Morgan fingerprint density at radius 3 is 2.40 bits per heavy atom. The third kappa shape index (κ3) is 3.67. The summed E-state index contributed by atoms with van der Waals surface area (Å²) < 4.78 is 0. The third-order valence-corrected chi connectivity index (χ3v) is 0.433. The summed E-state index contributed by atoms with van der Waals surface area (Å²) in [6.45, 7) is 2.06. The molecule has 0 saturated heterocycles. The van der Waals surface area contributed by atoms with Crippen LogP contribution >= 0.6 is 0 Å². The van der Waals surface area contributed by atoms with Gasteiger partial charge < -0.3 is 5.41 Å². The predicted octanol–water partition coefficient (Wildman–Crippen LogP) is 1.44. The first-order valence-electron chi connectivity index (χ1n) is 1.90. The first-order chi connectivity index (χ1) is 2.41. The predicted molar refractivity (Wildman–Crippen MR) is 23.7 cm³/mol. The highest BCUT2D eigenvalue weighted by Crippen LogP contribution is 1.75. The van der Waals surface area contributed by atoms with Gasteiger partial charge in [0.15, 0.2) is 0 Å². The summed E-state index contributed by atoms with van der Waals surface area (Å²) in [4.78, 5) is 0. The van der Waals surface area contributed by atoms with E-state index < -0.39 is 0 Å². The number of rotatable bonds is 2. The quantitative estimate of drug-likeness (QED) is 0.476. The summed E-state index contributed by atoms with van der Waals surface area (Å²) in [7, 11) is 0. The van der Waals surface area contributed by atoms with Crippen molar-refractivity contribution in [1.82, 2.24) is 0 Å². The molecule has 1 nitrogen and oxygen atoms in total. The Hall–Kier alpha value is -0.330. The fraction of sp³-hybridized carbons (Fsp3) is 0.750. The van der Waals surface area contributed by atoms with Crippen molar-refractivity contribution in [2.24, 2.45) is 0 Å². The van der Waals surface area contributed by atoms with Crippen LogP contribution in [0.15, 0.2) is 0 Å². The average Bonchev–Trinajstić information content (AvgIpc) is 1.41. The smallest absolute Gasteiger partial charge is 0.00479 e. The Morgan fingerprint density at radius 2 is 2.40 bits per heavy atom. The van der Waals surface area contributed by atoms with Crippen LogP contribution in [0.1, 0.15) is 19.8 Å². The standard InChI is InChI=1S/C4H9N/c1-2-3-4-5/h4-5H,2-3H2,1H3. The van der Waals surface area contributed by atoms with Gasteiger partial charge in [-0.2, -0.15) is 0 Å². The molecule has 0 radical (unpaired) electrons. The monoisotopic (exact) mass is 71.1 g/mol. The highest BCUT2D eigenvalue weighted by molar-refractivity contribution is 5.52. The molecule has 30 valence electrons. The lowest BCUT2D eigenvalue weighted by Gasteiger charge is -1.71. The van der Waals surface area contributed by atoms with Crippen LogP contribution in [0.4, 0.5) is 0 Å². The molecular formula is C4H9N. The minimum absolute atomic E-state index is 0.931. The Kier molecular flexibility index (Phi) is 3.43. The lowest BCUT2D eigenvalue weighted by atomic mass is 10.4. The molecule has 0 aromatic rings. The van der Waals surface area contributed by atoms with Gasteiger partial charge in [0.2, 0.25) is 0 Å². The van der Waals surface area contributed by atoms with Crippen molar-refractivity contribution in [3.63, 3.8) is 0 Å². The van der Waals surface area contributed by atoms with Crippen molar-refractivity contribution in [3.05, 3.63) is 0 Å². The van der Waals surface area contributed by atoms with Gasteiger partial charge in [-0.3, -0.25) is 0 Å². The summed E-state index contributed by atoms with van der Waals surface area (Å²) >= 11 is 0. The van der Waals surface area contributed by atoms with E-state index in [1.54, 1.807) is 0 Å².